The van der Waals surface area contributed by atoms with Gasteiger partial charge in [0, 0.05) is 61.5 Å². The average Bonchev–Trinajstić information content (AvgIpc) is 3.02. The molecule has 0 heterocycles. The van der Waals surface area contributed by atoms with Gasteiger partial charge in [-0.2, -0.15) is 0 Å². The minimum atomic E-state index is -0.0176. The first-order valence-corrected chi connectivity index (χ1v) is 16.7. The fraction of sp³-hybridized carbons (Fsp3) is 0.556. The van der Waals surface area contributed by atoms with E-state index in [1.807, 2.05) is 9.80 Å². The van der Waals surface area contributed by atoms with Crippen LogP contribution in [-0.2, 0) is 9.59 Å². The summed E-state index contributed by atoms with van der Waals surface area (Å²) < 4.78 is 0. The van der Waals surface area contributed by atoms with E-state index in [0.717, 1.165) is 90.4 Å². The highest BCUT2D eigenvalue weighted by atomic mass is 16.2. The first-order valence-electron chi connectivity index (χ1n) is 16.7. The van der Waals surface area contributed by atoms with Gasteiger partial charge < -0.3 is 20.4 Å². The van der Waals surface area contributed by atoms with Crippen molar-refractivity contribution in [3.63, 3.8) is 0 Å². The third-order valence-corrected chi connectivity index (χ3v) is 7.44. The second-order valence-corrected chi connectivity index (χ2v) is 11.5. The molecule has 0 unspecified atom stereocenters. The van der Waals surface area contributed by atoms with Gasteiger partial charge >= 0.3 is 0 Å². The van der Waals surface area contributed by atoms with E-state index in [2.05, 4.69) is 38.3 Å². The lowest BCUT2D eigenvalue weighted by Crippen LogP contribution is -2.32. The van der Waals surface area contributed by atoms with Crippen LogP contribution in [-0.4, -0.2) is 59.6 Å². The van der Waals surface area contributed by atoms with Crippen molar-refractivity contribution < 1.29 is 19.2 Å². The van der Waals surface area contributed by atoms with E-state index in [1.54, 1.807) is 48.5 Å². The molecule has 0 aromatic heterocycles. The molecule has 242 valence electrons. The Kier molecular flexibility index (Phi) is 17.5. The maximum absolute atomic E-state index is 12.7. The Morgan fingerprint density at radius 3 is 1.07 bits per heavy atom. The number of carbonyl (C=O) groups excluding carboxylic acids is 4. The summed E-state index contributed by atoms with van der Waals surface area (Å²) in [4.78, 5) is 53.9. The van der Waals surface area contributed by atoms with Crippen LogP contribution >= 0.6 is 0 Å². The predicted octanol–water partition coefficient (Wildman–Crippen LogP) is 7.91. The largest absolute Gasteiger partial charge is 0.339 e. The van der Waals surface area contributed by atoms with E-state index in [-0.39, 0.29) is 23.6 Å². The van der Waals surface area contributed by atoms with Gasteiger partial charge in [0.1, 0.15) is 0 Å². The topological polar surface area (TPSA) is 98.8 Å². The van der Waals surface area contributed by atoms with E-state index in [9.17, 15) is 19.2 Å². The lowest BCUT2D eigenvalue weighted by Gasteiger charge is -2.21. The Hall–Kier alpha value is -3.68. The normalized spacial score (nSPS) is 10.7. The van der Waals surface area contributed by atoms with E-state index < -0.39 is 0 Å². The summed E-state index contributed by atoms with van der Waals surface area (Å²) in [5, 5.41) is 5.86. The maximum atomic E-state index is 12.7. The molecular weight excluding hydrogens is 552 g/mol. The Morgan fingerprint density at radius 1 is 0.477 bits per heavy atom. The van der Waals surface area contributed by atoms with Crippen molar-refractivity contribution in [3.05, 3.63) is 59.7 Å². The molecule has 0 atom stereocenters. The molecule has 0 aliphatic carbocycles. The number of nitrogens with zero attached hydrogens (tertiary/aromatic N) is 2. The second kappa shape index (κ2) is 21.1. The summed E-state index contributed by atoms with van der Waals surface area (Å²) in [7, 11) is 0. The van der Waals surface area contributed by atoms with Crippen molar-refractivity contribution in [2.24, 2.45) is 0 Å². The number of anilines is 2. The van der Waals surface area contributed by atoms with Crippen molar-refractivity contribution in [2.45, 2.75) is 105 Å². The molecule has 0 radical (unpaired) electrons. The van der Waals surface area contributed by atoms with Crippen molar-refractivity contribution in [1.29, 1.82) is 0 Å². The van der Waals surface area contributed by atoms with Crippen LogP contribution in [0.5, 0.6) is 0 Å². The standard InChI is InChI=1S/C36H54N4O4/c1-5-25-39(26-6-2)35(43)29-17-21-31(22-18-29)37-33(41)15-13-11-9-10-12-14-16-34(42)38-32-23-19-30(20-24-32)36(44)40(27-7-3)28-8-4/h17-24H,5-16,25-28H2,1-4H3,(H,37,41)(H,38,42). The Balaban J connectivity index is 1.58. The lowest BCUT2D eigenvalue weighted by molar-refractivity contribution is -0.117. The Bertz CT molecular complexity index is 1040. The van der Waals surface area contributed by atoms with Crippen LogP contribution in [0.1, 0.15) is 125 Å². The minimum Gasteiger partial charge on any atom is -0.339 e. The quantitative estimate of drug-likeness (QED) is 0.141. The molecule has 8 heteroatoms. The zero-order valence-electron chi connectivity index (χ0n) is 27.5. The molecule has 0 spiro atoms. The van der Waals surface area contributed by atoms with Gasteiger partial charge in [-0.25, -0.2) is 0 Å². The van der Waals surface area contributed by atoms with Gasteiger partial charge in [-0.1, -0.05) is 53.4 Å². The molecule has 2 rings (SSSR count). The van der Waals surface area contributed by atoms with Gasteiger partial charge in [0.25, 0.3) is 11.8 Å². The zero-order chi connectivity index (χ0) is 32.2. The molecule has 4 amide bonds. The SMILES string of the molecule is CCCN(CCC)C(=O)c1ccc(NC(=O)CCCCCCCCC(=O)Nc2ccc(C(=O)N(CCC)CCC)cc2)cc1. The average molecular weight is 607 g/mol. The first-order chi connectivity index (χ1) is 21.3. The van der Waals surface area contributed by atoms with Crippen LogP contribution in [0.15, 0.2) is 48.5 Å². The van der Waals surface area contributed by atoms with Gasteiger partial charge in [0.15, 0.2) is 0 Å². The van der Waals surface area contributed by atoms with Gasteiger partial charge in [-0.3, -0.25) is 19.2 Å². The molecule has 2 aromatic carbocycles. The second-order valence-electron chi connectivity index (χ2n) is 11.5. The number of hydrogen-bond donors (Lipinski definition) is 2. The lowest BCUT2D eigenvalue weighted by atomic mass is 10.1. The smallest absolute Gasteiger partial charge is 0.253 e. The summed E-state index contributed by atoms with van der Waals surface area (Å²) >= 11 is 0. The number of nitrogens with one attached hydrogen (secondary N) is 2. The maximum Gasteiger partial charge on any atom is 0.253 e. The van der Waals surface area contributed by atoms with E-state index in [4.69, 9.17) is 0 Å². The molecule has 0 bridgehead atoms. The third-order valence-electron chi connectivity index (χ3n) is 7.44. The van der Waals surface area contributed by atoms with E-state index in [0.29, 0.717) is 35.3 Å². The number of amides is 4. The van der Waals surface area contributed by atoms with Crippen LogP contribution in [0.25, 0.3) is 0 Å². The molecule has 44 heavy (non-hydrogen) atoms. The van der Waals surface area contributed by atoms with Crippen LogP contribution in [0, 0.1) is 0 Å². The highest BCUT2D eigenvalue weighted by Gasteiger charge is 2.15. The molecule has 2 aromatic rings. The molecule has 0 saturated heterocycles. The Morgan fingerprint density at radius 2 is 0.773 bits per heavy atom. The highest BCUT2D eigenvalue weighted by molar-refractivity contribution is 5.96. The van der Waals surface area contributed by atoms with Crippen molar-refractivity contribution >= 4 is 35.0 Å². The molecule has 0 fully saturated rings. The highest BCUT2D eigenvalue weighted by Crippen LogP contribution is 2.16. The van der Waals surface area contributed by atoms with Crippen LogP contribution < -0.4 is 10.6 Å². The summed E-state index contributed by atoms with van der Waals surface area (Å²) in [6, 6.07) is 14.3. The summed E-state index contributed by atoms with van der Waals surface area (Å²) in [5.41, 5.74) is 2.70. The summed E-state index contributed by atoms with van der Waals surface area (Å²) in [5.74, 6) is 0.0348. The molecule has 0 saturated carbocycles. The van der Waals surface area contributed by atoms with Gasteiger partial charge in [0.2, 0.25) is 11.8 Å². The van der Waals surface area contributed by atoms with Crippen LogP contribution in [0.2, 0.25) is 0 Å². The molecule has 0 aliphatic heterocycles. The predicted molar refractivity (Wildman–Crippen MR) is 180 cm³/mol. The summed E-state index contributed by atoms with van der Waals surface area (Å²) in [6.45, 7) is 11.3. The van der Waals surface area contributed by atoms with Crippen LogP contribution in [0.4, 0.5) is 11.4 Å². The molecular formula is C36H54N4O4. The first kappa shape index (κ1) is 36.5. The number of rotatable bonds is 21. The zero-order valence-corrected chi connectivity index (χ0v) is 27.5. The Labute approximate surface area is 265 Å². The van der Waals surface area contributed by atoms with Gasteiger partial charge in [0.05, 0.1) is 0 Å². The molecule has 0 aliphatic rings. The molecule has 8 nitrogen and oxygen atoms in total. The molecule has 2 N–H and O–H groups in total. The van der Waals surface area contributed by atoms with E-state index in [1.165, 1.54) is 0 Å². The minimum absolute atomic E-state index is 0.0176. The number of carbonyl (C=O) groups is 4. The fourth-order valence-corrected chi connectivity index (χ4v) is 5.19. The van der Waals surface area contributed by atoms with Crippen molar-refractivity contribution in [2.75, 3.05) is 36.8 Å². The van der Waals surface area contributed by atoms with Crippen molar-refractivity contribution in [1.82, 2.24) is 9.80 Å². The van der Waals surface area contributed by atoms with Gasteiger partial charge in [-0.15, -0.1) is 0 Å². The van der Waals surface area contributed by atoms with Crippen LogP contribution in [0.3, 0.4) is 0 Å². The monoisotopic (exact) mass is 606 g/mol. The van der Waals surface area contributed by atoms with Crippen molar-refractivity contribution in [3.8, 4) is 0 Å². The fourth-order valence-electron chi connectivity index (χ4n) is 5.19. The number of benzene rings is 2. The third kappa shape index (κ3) is 13.3. The summed E-state index contributed by atoms with van der Waals surface area (Å²) in [6.07, 6.45) is 10.3. The van der Waals surface area contributed by atoms with Gasteiger partial charge in [-0.05, 0) is 87.1 Å². The van der Waals surface area contributed by atoms with E-state index >= 15 is 0 Å². The number of unbranched alkanes of at least 4 members (excludes halogenated alkanes) is 5. The number of hydrogen-bond acceptors (Lipinski definition) is 4.